The van der Waals surface area contributed by atoms with Crippen molar-refractivity contribution < 1.29 is 5.11 Å². The van der Waals surface area contributed by atoms with Crippen LogP contribution < -0.4 is 5.73 Å². The lowest BCUT2D eigenvalue weighted by Gasteiger charge is -2.03. The summed E-state index contributed by atoms with van der Waals surface area (Å²) in [5.74, 6) is 0.642. The van der Waals surface area contributed by atoms with E-state index in [4.69, 9.17) is 22.4 Å². The molecule has 0 bridgehead atoms. The quantitative estimate of drug-likeness (QED) is 0.584. The number of anilines is 1. The number of aliphatic hydroxyl groups is 1. The summed E-state index contributed by atoms with van der Waals surface area (Å²) >= 11 is 7.37. The number of hydrogen-bond acceptors (Lipinski definition) is 3. The van der Waals surface area contributed by atoms with Crippen LogP contribution in [-0.4, -0.2) is 17.5 Å². The molecule has 0 unspecified atom stereocenters. The molecule has 0 aliphatic heterocycles. The molecule has 0 atom stereocenters. The molecule has 1 aromatic rings. The highest BCUT2D eigenvalue weighted by atomic mass is 35.5. The van der Waals surface area contributed by atoms with Crippen LogP contribution >= 0.6 is 23.4 Å². The van der Waals surface area contributed by atoms with E-state index in [2.05, 4.69) is 0 Å². The summed E-state index contributed by atoms with van der Waals surface area (Å²) in [5, 5.41) is 9.28. The second kappa shape index (κ2) is 4.60. The third kappa shape index (κ3) is 2.59. The Bertz CT molecular complexity index is 267. The molecule has 0 aromatic heterocycles. The van der Waals surface area contributed by atoms with Crippen LogP contribution in [0.2, 0.25) is 5.02 Å². The van der Waals surface area contributed by atoms with Crippen LogP contribution in [0.4, 0.5) is 5.69 Å². The van der Waals surface area contributed by atoms with Gasteiger partial charge in [0.05, 0.1) is 11.6 Å². The van der Waals surface area contributed by atoms with E-state index in [9.17, 15) is 0 Å². The van der Waals surface area contributed by atoms with Gasteiger partial charge in [0, 0.05) is 16.3 Å². The minimum Gasteiger partial charge on any atom is -0.399 e. The van der Waals surface area contributed by atoms with Crippen molar-refractivity contribution in [2.75, 3.05) is 18.1 Å². The molecule has 0 fully saturated rings. The summed E-state index contributed by atoms with van der Waals surface area (Å²) in [6.45, 7) is 0.149. The second-order valence-electron chi connectivity index (χ2n) is 2.26. The molecular weight excluding hydrogens is 194 g/mol. The zero-order valence-electron chi connectivity index (χ0n) is 6.46. The van der Waals surface area contributed by atoms with Crippen LogP contribution in [-0.2, 0) is 0 Å². The van der Waals surface area contributed by atoms with Crippen molar-refractivity contribution in [1.82, 2.24) is 0 Å². The summed E-state index contributed by atoms with van der Waals surface area (Å²) in [7, 11) is 0. The number of nitrogens with two attached hydrogens (primary N) is 1. The molecule has 0 saturated heterocycles. The summed E-state index contributed by atoms with van der Waals surface area (Å²) in [5.41, 5.74) is 6.26. The minimum absolute atomic E-state index is 0.149. The Morgan fingerprint density at radius 3 is 2.92 bits per heavy atom. The molecule has 0 aliphatic carbocycles. The van der Waals surface area contributed by atoms with Gasteiger partial charge in [-0.3, -0.25) is 0 Å². The van der Waals surface area contributed by atoms with E-state index in [0.29, 0.717) is 16.5 Å². The number of benzene rings is 1. The Kier molecular flexibility index (Phi) is 3.72. The van der Waals surface area contributed by atoms with Gasteiger partial charge >= 0.3 is 0 Å². The van der Waals surface area contributed by atoms with Gasteiger partial charge in [0.25, 0.3) is 0 Å². The van der Waals surface area contributed by atoms with Gasteiger partial charge in [0.1, 0.15) is 0 Å². The standard InChI is InChI=1S/C8H10ClNOS/c9-7-2-1-6(10)5-8(7)12-4-3-11/h1-2,5,11H,3-4,10H2. The second-order valence-corrected chi connectivity index (χ2v) is 3.81. The number of hydrogen-bond donors (Lipinski definition) is 2. The summed E-state index contributed by atoms with van der Waals surface area (Å²) < 4.78 is 0. The van der Waals surface area contributed by atoms with Gasteiger partial charge in [-0.15, -0.1) is 11.8 Å². The first kappa shape index (κ1) is 9.71. The summed E-state index contributed by atoms with van der Waals surface area (Å²) in [6.07, 6.45) is 0. The van der Waals surface area contributed by atoms with Crippen LogP contribution in [0, 0.1) is 0 Å². The van der Waals surface area contributed by atoms with Crippen molar-refractivity contribution in [2.24, 2.45) is 0 Å². The van der Waals surface area contributed by atoms with Gasteiger partial charge in [-0.25, -0.2) is 0 Å². The lowest BCUT2D eigenvalue weighted by atomic mass is 10.3. The number of aliphatic hydroxyl groups excluding tert-OH is 1. The Labute approximate surface area is 80.7 Å². The average Bonchev–Trinajstić information content (AvgIpc) is 2.07. The first-order valence-electron chi connectivity index (χ1n) is 3.52. The smallest absolute Gasteiger partial charge is 0.0543 e. The van der Waals surface area contributed by atoms with Gasteiger partial charge in [0.2, 0.25) is 0 Å². The predicted molar refractivity (Wildman–Crippen MR) is 53.7 cm³/mol. The maximum atomic E-state index is 8.59. The fraction of sp³-hybridized carbons (Fsp3) is 0.250. The predicted octanol–water partition coefficient (Wildman–Crippen LogP) is 2.01. The zero-order chi connectivity index (χ0) is 8.97. The van der Waals surface area contributed by atoms with E-state index in [1.165, 1.54) is 11.8 Å². The average molecular weight is 204 g/mol. The molecule has 4 heteroatoms. The Hall–Kier alpha value is -0.380. The van der Waals surface area contributed by atoms with Crippen molar-refractivity contribution >= 4 is 29.1 Å². The molecule has 66 valence electrons. The lowest BCUT2D eigenvalue weighted by molar-refractivity contribution is 0.322. The summed E-state index contributed by atoms with van der Waals surface area (Å²) in [4.78, 5) is 0.922. The molecule has 2 nitrogen and oxygen atoms in total. The highest BCUT2D eigenvalue weighted by molar-refractivity contribution is 7.99. The fourth-order valence-electron chi connectivity index (χ4n) is 0.786. The Balaban J connectivity index is 2.75. The van der Waals surface area contributed by atoms with E-state index < -0.39 is 0 Å². The molecule has 0 heterocycles. The third-order valence-corrected chi connectivity index (χ3v) is 2.78. The highest BCUT2D eigenvalue weighted by Gasteiger charge is 2.00. The third-order valence-electron chi connectivity index (χ3n) is 1.30. The molecular formula is C8H10ClNOS. The van der Waals surface area contributed by atoms with Crippen LogP contribution in [0.5, 0.6) is 0 Å². The largest absolute Gasteiger partial charge is 0.399 e. The van der Waals surface area contributed by atoms with Crippen molar-refractivity contribution in [2.45, 2.75) is 4.90 Å². The van der Waals surface area contributed by atoms with Crippen LogP contribution in [0.1, 0.15) is 0 Å². The molecule has 0 amide bonds. The van der Waals surface area contributed by atoms with E-state index in [1.54, 1.807) is 12.1 Å². The van der Waals surface area contributed by atoms with Crippen molar-refractivity contribution in [3.63, 3.8) is 0 Å². The van der Waals surface area contributed by atoms with E-state index >= 15 is 0 Å². The Morgan fingerprint density at radius 1 is 1.50 bits per heavy atom. The van der Waals surface area contributed by atoms with Crippen molar-refractivity contribution in [1.29, 1.82) is 0 Å². The van der Waals surface area contributed by atoms with Crippen LogP contribution in [0.15, 0.2) is 23.1 Å². The number of thioether (sulfide) groups is 1. The lowest BCUT2D eigenvalue weighted by Crippen LogP contribution is -1.88. The van der Waals surface area contributed by atoms with Gasteiger partial charge in [-0.05, 0) is 18.2 Å². The monoisotopic (exact) mass is 203 g/mol. The van der Waals surface area contributed by atoms with Gasteiger partial charge in [-0.1, -0.05) is 11.6 Å². The van der Waals surface area contributed by atoms with Crippen LogP contribution in [0.25, 0.3) is 0 Å². The van der Waals surface area contributed by atoms with Gasteiger partial charge in [-0.2, -0.15) is 0 Å². The SMILES string of the molecule is Nc1ccc(Cl)c(SCCO)c1. The molecule has 12 heavy (non-hydrogen) atoms. The number of halogens is 1. The number of nitrogen functional groups attached to an aromatic ring is 1. The maximum Gasteiger partial charge on any atom is 0.0543 e. The fourth-order valence-corrected chi connectivity index (χ4v) is 1.80. The molecule has 1 aromatic carbocycles. The topological polar surface area (TPSA) is 46.2 Å². The molecule has 0 radical (unpaired) electrons. The summed E-state index contributed by atoms with van der Waals surface area (Å²) in [6, 6.07) is 5.32. The number of rotatable bonds is 3. The van der Waals surface area contributed by atoms with E-state index in [-0.39, 0.29) is 6.61 Å². The first-order valence-corrected chi connectivity index (χ1v) is 4.89. The highest BCUT2D eigenvalue weighted by Crippen LogP contribution is 2.28. The van der Waals surface area contributed by atoms with E-state index in [1.807, 2.05) is 6.07 Å². The molecule has 0 saturated carbocycles. The van der Waals surface area contributed by atoms with Gasteiger partial charge in [0.15, 0.2) is 0 Å². The molecule has 1 rings (SSSR count). The molecule has 0 aliphatic rings. The van der Waals surface area contributed by atoms with Crippen molar-refractivity contribution in [3.8, 4) is 0 Å². The van der Waals surface area contributed by atoms with Gasteiger partial charge < -0.3 is 10.8 Å². The minimum atomic E-state index is 0.149. The molecule has 0 spiro atoms. The van der Waals surface area contributed by atoms with E-state index in [0.717, 1.165) is 4.90 Å². The first-order chi connectivity index (χ1) is 5.74. The Morgan fingerprint density at radius 2 is 2.25 bits per heavy atom. The van der Waals surface area contributed by atoms with Crippen LogP contribution in [0.3, 0.4) is 0 Å². The maximum absolute atomic E-state index is 8.59. The zero-order valence-corrected chi connectivity index (χ0v) is 8.03. The van der Waals surface area contributed by atoms with Crippen molar-refractivity contribution in [3.05, 3.63) is 23.2 Å². The normalized spacial score (nSPS) is 10.2. The molecule has 3 N–H and O–H groups in total.